The molecule has 0 saturated carbocycles. The first-order chi connectivity index (χ1) is 9.44. The molecule has 0 unspecified atom stereocenters. The number of ether oxygens (including phenoxy) is 1. The number of nitrogens with one attached hydrogen (secondary N) is 1. The Labute approximate surface area is 125 Å². The SMILES string of the molecule is COc1cc(N)ccc1S(=O)(=O)Nc1cccnc1Br. The quantitative estimate of drug-likeness (QED) is 0.646. The third-order valence-electron chi connectivity index (χ3n) is 2.48. The number of methoxy groups -OCH3 is 1. The van der Waals surface area contributed by atoms with E-state index in [1.165, 1.54) is 25.3 Å². The molecule has 0 radical (unpaired) electrons. The Balaban J connectivity index is 2.44. The van der Waals surface area contributed by atoms with E-state index in [1.54, 1.807) is 18.3 Å². The molecule has 0 atom stereocenters. The van der Waals surface area contributed by atoms with E-state index in [1.807, 2.05) is 0 Å². The molecule has 6 nitrogen and oxygen atoms in total. The van der Waals surface area contributed by atoms with Gasteiger partial charge in [-0.05, 0) is 40.2 Å². The fourth-order valence-corrected chi connectivity index (χ4v) is 3.27. The van der Waals surface area contributed by atoms with Crippen LogP contribution in [-0.4, -0.2) is 20.5 Å². The molecular formula is C12H12BrN3O3S. The maximum atomic E-state index is 12.4. The minimum absolute atomic E-state index is 0.00459. The van der Waals surface area contributed by atoms with Crippen LogP contribution in [0, 0.1) is 0 Å². The molecule has 0 aliphatic carbocycles. The van der Waals surface area contributed by atoms with Gasteiger partial charge in [-0.1, -0.05) is 0 Å². The number of pyridine rings is 1. The maximum Gasteiger partial charge on any atom is 0.265 e. The van der Waals surface area contributed by atoms with Gasteiger partial charge in [0.25, 0.3) is 10.0 Å². The Morgan fingerprint density at radius 1 is 1.35 bits per heavy atom. The molecule has 0 aliphatic heterocycles. The molecule has 2 aromatic rings. The summed E-state index contributed by atoms with van der Waals surface area (Å²) < 4.78 is 32.6. The van der Waals surface area contributed by atoms with Crippen LogP contribution < -0.4 is 15.2 Å². The summed E-state index contributed by atoms with van der Waals surface area (Å²) in [6.45, 7) is 0. The molecule has 1 heterocycles. The van der Waals surface area contributed by atoms with Gasteiger partial charge in [0.15, 0.2) is 0 Å². The van der Waals surface area contributed by atoms with Crippen LogP contribution in [0.4, 0.5) is 11.4 Å². The largest absolute Gasteiger partial charge is 0.495 e. The minimum Gasteiger partial charge on any atom is -0.495 e. The van der Waals surface area contributed by atoms with Crippen molar-refractivity contribution in [3.8, 4) is 5.75 Å². The number of aromatic nitrogens is 1. The van der Waals surface area contributed by atoms with Gasteiger partial charge in [-0.15, -0.1) is 0 Å². The van der Waals surface area contributed by atoms with Gasteiger partial charge in [-0.2, -0.15) is 0 Å². The van der Waals surface area contributed by atoms with Gasteiger partial charge in [0.2, 0.25) is 0 Å². The Morgan fingerprint density at radius 2 is 2.10 bits per heavy atom. The summed E-state index contributed by atoms with van der Waals surface area (Å²) in [5.74, 6) is 0.178. The van der Waals surface area contributed by atoms with Crippen LogP contribution in [-0.2, 0) is 10.0 Å². The topological polar surface area (TPSA) is 94.3 Å². The molecule has 1 aromatic carbocycles. The Kier molecular flexibility index (Phi) is 4.15. The number of sulfonamides is 1. The first-order valence-electron chi connectivity index (χ1n) is 5.51. The van der Waals surface area contributed by atoms with E-state index in [0.717, 1.165) is 0 Å². The summed E-state index contributed by atoms with van der Waals surface area (Å²) >= 11 is 3.18. The van der Waals surface area contributed by atoms with E-state index in [0.29, 0.717) is 16.0 Å². The summed E-state index contributed by atoms with van der Waals surface area (Å²) in [5, 5.41) is 0. The smallest absolute Gasteiger partial charge is 0.265 e. The van der Waals surface area contributed by atoms with Crippen LogP contribution >= 0.6 is 15.9 Å². The third-order valence-corrected chi connectivity index (χ3v) is 4.52. The molecule has 106 valence electrons. The molecule has 0 fully saturated rings. The summed E-state index contributed by atoms with van der Waals surface area (Å²) in [5.41, 5.74) is 6.37. The fraction of sp³-hybridized carbons (Fsp3) is 0.0833. The number of anilines is 2. The van der Waals surface area contributed by atoms with Crippen LogP contribution in [0.3, 0.4) is 0 Å². The van der Waals surface area contributed by atoms with Gasteiger partial charge in [-0.3, -0.25) is 4.72 Å². The molecule has 0 bridgehead atoms. The number of nitrogen functional groups attached to an aromatic ring is 1. The molecule has 20 heavy (non-hydrogen) atoms. The number of nitrogens with zero attached hydrogens (tertiary/aromatic N) is 1. The molecule has 8 heteroatoms. The molecule has 3 N–H and O–H groups in total. The summed E-state index contributed by atoms with van der Waals surface area (Å²) in [6.07, 6.45) is 1.55. The van der Waals surface area contributed by atoms with E-state index >= 15 is 0 Å². The van der Waals surface area contributed by atoms with Crippen molar-refractivity contribution in [3.05, 3.63) is 41.1 Å². The highest BCUT2D eigenvalue weighted by Crippen LogP contribution is 2.29. The molecule has 0 amide bonds. The van der Waals surface area contributed by atoms with Crippen molar-refractivity contribution in [1.29, 1.82) is 0 Å². The average Bonchev–Trinajstić information content (AvgIpc) is 2.40. The predicted molar refractivity (Wildman–Crippen MR) is 80.2 cm³/mol. The van der Waals surface area contributed by atoms with Crippen LogP contribution in [0.25, 0.3) is 0 Å². The average molecular weight is 358 g/mol. The van der Waals surface area contributed by atoms with Crippen LogP contribution in [0.1, 0.15) is 0 Å². The normalized spacial score (nSPS) is 11.1. The number of hydrogen-bond acceptors (Lipinski definition) is 5. The standard InChI is InChI=1S/C12H12BrN3O3S/c1-19-10-7-8(14)4-5-11(10)20(17,18)16-9-3-2-6-15-12(9)13/h2-7,16H,14H2,1H3. The second kappa shape index (κ2) is 5.68. The lowest BCUT2D eigenvalue weighted by Crippen LogP contribution is -2.14. The molecule has 2 rings (SSSR count). The lowest BCUT2D eigenvalue weighted by atomic mass is 10.3. The third kappa shape index (κ3) is 3.02. The number of rotatable bonds is 4. The molecule has 0 saturated heterocycles. The fourth-order valence-electron chi connectivity index (χ4n) is 1.57. The van der Waals surface area contributed by atoms with Gasteiger partial charge in [0.05, 0.1) is 12.8 Å². The van der Waals surface area contributed by atoms with Crippen molar-refractivity contribution < 1.29 is 13.2 Å². The van der Waals surface area contributed by atoms with Gasteiger partial charge < -0.3 is 10.5 Å². The Hall–Kier alpha value is -1.80. The highest BCUT2D eigenvalue weighted by molar-refractivity contribution is 9.10. The summed E-state index contributed by atoms with van der Waals surface area (Å²) in [4.78, 5) is 3.96. The van der Waals surface area contributed by atoms with E-state index in [-0.39, 0.29) is 10.6 Å². The first kappa shape index (κ1) is 14.6. The Bertz CT molecular complexity index is 734. The number of hydrogen-bond donors (Lipinski definition) is 2. The maximum absolute atomic E-state index is 12.4. The zero-order chi connectivity index (χ0) is 14.8. The number of nitrogens with two attached hydrogens (primary N) is 1. The molecular weight excluding hydrogens is 346 g/mol. The van der Waals surface area contributed by atoms with E-state index in [2.05, 4.69) is 25.6 Å². The second-order valence-electron chi connectivity index (χ2n) is 3.86. The predicted octanol–water partition coefficient (Wildman–Crippen LogP) is 2.24. The van der Waals surface area contributed by atoms with Crippen LogP contribution in [0.2, 0.25) is 0 Å². The van der Waals surface area contributed by atoms with Gasteiger partial charge in [0, 0.05) is 18.0 Å². The van der Waals surface area contributed by atoms with E-state index in [4.69, 9.17) is 10.5 Å². The van der Waals surface area contributed by atoms with Crippen molar-refractivity contribution in [3.63, 3.8) is 0 Å². The minimum atomic E-state index is -3.80. The second-order valence-corrected chi connectivity index (χ2v) is 6.26. The van der Waals surface area contributed by atoms with Crippen molar-refractivity contribution >= 4 is 37.3 Å². The lowest BCUT2D eigenvalue weighted by molar-refractivity contribution is 0.403. The van der Waals surface area contributed by atoms with Crippen LogP contribution in [0.5, 0.6) is 5.75 Å². The van der Waals surface area contributed by atoms with Gasteiger partial charge in [0.1, 0.15) is 15.2 Å². The molecule has 0 spiro atoms. The molecule has 0 aliphatic rings. The van der Waals surface area contributed by atoms with E-state index in [9.17, 15) is 8.42 Å². The number of halogens is 1. The van der Waals surface area contributed by atoms with Crippen LogP contribution in [0.15, 0.2) is 46.0 Å². The van der Waals surface area contributed by atoms with Crippen molar-refractivity contribution in [2.75, 3.05) is 17.6 Å². The zero-order valence-corrected chi connectivity index (χ0v) is 12.9. The number of benzene rings is 1. The van der Waals surface area contributed by atoms with Crippen molar-refractivity contribution in [1.82, 2.24) is 4.98 Å². The van der Waals surface area contributed by atoms with Crippen molar-refractivity contribution in [2.45, 2.75) is 4.90 Å². The summed E-state index contributed by atoms with van der Waals surface area (Å²) in [7, 11) is -2.41. The van der Waals surface area contributed by atoms with Crippen molar-refractivity contribution in [2.24, 2.45) is 0 Å². The zero-order valence-electron chi connectivity index (χ0n) is 10.5. The highest BCUT2D eigenvalue weighted by atomic mass is 79.9. The van der Waals surface area contributed by atoms with Gasteiger partial charge in [-0.25, -0.2) is 13.4 Å². The van der Waals surface area contributed by atoms with Gasteiger partial charge >= 0.3 is 0 Å². The summed E-state index contributed by atoms with van der Waals surface area (Å²) in [6, 6.07) is 7.56. The Morgan fingerprint density at radius 3 is 2.75 bits per heavy atom. The van der Waals surface area contributed by atoms with E-state index < -0.39 is 10.0 Å². The first-order valence-corrected chi connectivity index (χ1v) is 7.78. The monoisotopic (exact) mass is 357 g/mol. The molecule has 1 aromatic heterocycles. The highest BCUT2D eigenvalue weighted by Gasteiger charge is 2.20. The lowest BCUT2D eigenvalue weighted by Gasteiger charge is -2.12.